The zero-order valence-electron chi connectivity index (χ0n) is 12.4. The molecule has 0 aliphatic heterocycles. The van der Waals surface area contributed by atoms with Gasteiger partial charge in [-0.25, -0.2) is 13.1 Å². The number of aromatic nitrogens is 1. The zero-order valence-corrected chi connectivity index (χ0v) is 14.0. The molecule has 0 spiro atoms. The lowest BCUT2D eigenvalue weighted by atomic mass is 10.2. The van der Waals surface area contributed by atoms with E-state index in [1.807, 2.05) is 41.1 Å². The Balaban J connectivity index is 1.62. The molecule has 0 radical (unpaired) electrons. The molecule has 0 aliphatic carbocycles. The summed E-state index contributed by atoms with van der Waals surface area (Å²) in [5.74, 6) is -0.112. The Morgan fingerprint density at radius 2 is 1.74 bits per heavy atom. The number of sulfonamides is 1. The fraction of sp³-hybridized carbons (Fsp3) is 0.176. The third kappa shape index (κ3) is 3.93. The molecule has 23 heavy (non-hydrogen) atoms. The van der Waals surface area contributed by atoms with Gasteiger partial charge in [-0.15, -0.1) is 0 Å². The fourth-order valence-corrected chi connectivity index (χ4v) is 3.98. The minimum Gasteiger partial charge on any atom is -0.346 e. The average Bonchev–Trinajstić information content (AvgIpc) is 2.93. The number of fused-ring (bicyclic) bond motifs is 1. The second-order valence-electron chi connectivity index (χ2n) is 5.31. The Bertz CT molecular complexity index is 919. The van der Waals surface area contributed by atoms with Crippen LogP contribution in [0.3, 0.4) is 0 Å². The Morgan fingerprint density at radius 1 is 1.00 bits per heavy atom. The smallest absolute Gasteiger partial charge is 0.215 e. The van der Waals surface area contributed by atoms with E-state index < -0.39 is 10.0 Å². The van der Waals surface area contributed by atoms with Crippen molar-refractivity contribution >= 4 is 32.5 Å². The van der Waals surface area contributed by atoms with Gasteiger partial charge in [-0.1, -0.05) is 48.0 Å². The summed E-state index contributed by atoms with van der Waals surface area (Å²) in [6, 6.07) is 17.0. The minimum atomic E-state index is -3.41. The number of nitrogens with one attached hydrogen (secondary N) is 1. The van der Waals surface area contributed by atoms with Crippen molar-refractivity contribution in [3.63, 3.8) is 0 Å². The van der Waals surface area contributed by atoms with Gasteiger partial charge in [0, 0.05) is 29.8 Å². The van der Waals surface area contributed by atoms with Crippen LogP contribution in [-0.4, -0.2) is 19.5 Å². The van der Waals surface area contributed by atoms with Gasteiger partial charge in [0.25, 0.3) is 0 Å². The first kappa shape index (κ1) is 16.1. The topological polar surface area (TPSA) is 51.1 Å². The summed E-state index contributed by atoms with van der Waals surface area (Å²) in [5, 5.41) is 1.61. The van der Waals surface area contributed by atoms with E-state index in [2.05, 4.69) is 4.72 Å². The number of rotatable bonds is 6. The van der Waals surface area contributed by atoms with Crippen molar-refractivity contribution in [3.8, 4) is 0 Å². The van der Waals surface area contributed by atoms with Crippen LogP contribution in [0.15, 0.2) is 60.8 Å². The summed E-state index contributed by atoms with van der Waals surface area (Å²) in [6.45, 7) is 0.917. The molecule has 3 aromatic rings. The summed E-state index contributed by atoms with van der Waals surface area (Å²) in [5.41, 5.74) is 1.70. The van der Waals surface area contributed by atoms with Gasteiger partial charge < -0.3 is 4.57 Å². The van der Waals surface area contributed by atoms with Gasteiger partial charge in [0.2, 0.25) is 10.0 Å². The summed E-state index contributed by atoms with van der Waals surface area (Å²) >= 11 is 6.01. The molecule has 0 unspecified atom stereocenters. The first-order valence-corrected chi connectivity index (χ1v) is 9.33. The predicted molar refractivity (Wildman–Crippen MR) is 94.0 cm³/mol. The first-order chi connectivity index (χ1) is 11.1. The largest absolute Gasteiger partial charge is 0.346 e. The highest BCUT2D eigenvalue weighted by atomic mass is 35.5. The molecule has 0 atom stereocenters. The maximum atomic E-state index is 12.2. The van der Waals surface area contributed by atoms with Crippen molar-refractivity contribution in [2.45, 2.75) is 12.3 Å². The highest BCUT2D eigenvalue weighted by Gasteiger charge is 2.13. The van der Waals surface area contributed by atoms with Crippen LogP contribution in [0.1, 0.15) is 5.56 Å². The summed E-state index contributed by atoms with van der Waals surface area (Å²) < 4.78 is 29.0. The lowest BCUT2D eigenvalue weighted by molar-refractivity contribution is 0.574. The van der Waals surface area contributed by atoms with E-state index in [-0.39, 0.29) is 5.75 Å². The minimum absolute atomic E-state index is 0.112. The standard InChI is InChI=1S/C17H17ClN2O2S/c18-16-7-3-1-6-15(16)13-23(21,22)19-10-12-20-11-9-14-5-2-4-8-17(14)20/h1-9,11,19H,10,12-13H2. The molecule has 120 valence electrons. The quantitative estimate of drug-likeness (QED) is 0.742. The van der Waals surface area contributed by atoms with Gasteiger partial charge in [0.15, 0.2) is 0 Å². The van der Waals surface area contributed by atoms with Crippen molar-refractivity contribution in [2.75, 3.05) is 6.54 Å². The molecule has 1 N–H and O–H groups in total. The Kier molecular flexibility index (Phi) is 4.71. The summed E-state index contributed by atoms with van der Waals surface area (Å²) in [6.07, 6.45) is 1.97. The van der Waals surface area contributed by atoms with E-state index in [0.29, 0.717) is 23.7 Å². The molecule has 0 fully saturated rings. The molecule has 2 aromatic carbocycles. The van der Waals surface area contributed by atoms with Gasteiger partial charge in [0.1, 0.15) is 0 Å². The van der Waals surface area contributed by atoms with Crippen molar-refractivity contribution in [2.24, 2.45) is 0 Å². The molecule has 0 saturated heterocycles. The zero-order chi connectivity index (χ0) is 16.3. The monoisotopic (exact) mass is 348 g/mol. The van der Waals surface area contributed by atoms with Gasteiger partial charge in [-0.05, 0) is 29.1 Å². The maximum Gasteiger partial charge on any atom is 0.215 e. The van der Waals surface area contributed by atoms with Gasteiger partial charge in [-0.3, -0.25) is 0 Å². The molecule has 0 saturated carbocycles. The third-order valence-corrected chi connectivity index (χ3v) is 5.36. The van der Waals surface area contributed by atoms with Crippen LogP contribution in [0.2, 0.25) is 5.02 Å². The van der Waals surface area contributed by atoms with Crippen molar-refractivity contribution in [3.05, 3.63) is 71.4 Å². The van der Waals surface area contributed by atoms with Gasteiger partial charge >= 0.3 is 0 Å². The van der Waals surface area contributed by atoms with Crippen molar-refractivity contribution in [1.82, 2.24) is 9.29 Å². The molecule has 3 rings (SSSR count). The van der Waals surface area contributed by atoms with Gasteiger partial charge in [-0.2, -0.15) is 0 Å². The van der Waals surface area contributed by atoms with E-state index in [1.54, 1.807) is 24.3 Å². The number of halogens is 1. The highest BCUT2D eigenvalue weighted by molar-refractivity contribution is 7.88. The van der Waals surface area contributed by atoms with Crippen molar-refractivity contribution in [1.29, 1.82) is 0 Å². The molecule has 0 amide bonds. The number of hydrogen-bond donors (Lipinski definition) is 1. The SMILES string of the molecule is O=S(=O)(Cc1ccccc1Cl)NCCn1ccc2ccccc21. The van der Waals surface area contributed by atoms with E-state index in [4.69, 9.17) is 11.6 Å². The lowest BCUT2D eigenvalue weighted by Gasteiger charge is -2.09. The molecule has 1 aromatic heterocycles. The Labute approximate surface area is 140 Å². The molecular formula is C17H17ClN2O2S. The van der Waals surface area contributed by atoms with Gasteiger partial charge in [0.05, 0.1) is 5.75 Å². The van der Waals surface area contributed by atoms with Crippen LogP contribution in [0, 0.1) is 0 Å². The van der Waals surface area contributed by atoms with E-state index in [1.165, 1.54) is 0 Å². The molecule has 6 heteroatoms. The second kappa shape index (κ2) is 6.74. The maximum absolute atomic E-state index is 12.2. The van der Waals surface area contributed by atoms with Crippen LogP contribution in [0.4, 0.5) is 0 Å². The van der Waals surface area contributed by atoms with Crippen LogP contribution in [0.25, 0.3) is 10.9 Å². The summed E-state index contributed by atoms with van der Waals surface area (Å²) in [4.78, 5) is 0. The van der Waals surface area contributed by atoms with Crippen molar-refractivity contribution < 1.29 is 8.42 Å². The normalized spacial score (nSPS) is 11.9. The fourth-order valence-electron chi connectivity index (χ4n) is 2.53. The van der Waals surface area contributed by atoms with Crippen LogP contribution < -0.4 is 4.72 Å². The Hall–Kier alpha value is -1.82. The number of benzene rings is 2. The van der Waals surface area contributed by atoms with Crippen LogP contribution in [-0.2, 0) is 22.3 Å². The Morgan fingerprint density at radius 3 is 2.57 bits per heavy atom. The lowest BCUT2D eigenvalue weighted by Crippen LogP contribution is -2.28. The molecular weight excluding hydrogens is 332 g/mol. The van der Waals surface area contributed by atoms with Crippen LogP contribution >= 0.6 is 11.6 Å². The molecule has 0 aliphatic rings. The van der Waals surface area contributed by atoms with E-state index in [0.717, 1.165) is 10.9 Å². The molecule has 4 nitrogen and oxygen atoms in total. The molecule has 0 bridgehead atoms. The number of nitrogens with zero attached hydrogens (tertiary/aromatic N) is 1. The molecule has 1 heterocycles. The van der Waals surface area contributed by atoms with E-state index >= 15 is 0 Å². The van der Waals surface area contributed by atoms with E-state index in [9.17, 15) is 8.42 Å². The highest BCUT2D eigenvalue weighted by Crippen LogP contribution is 2.17. The predicted octanol–water partition coefficient (Wildman–Crippen LogP) is 3.41. The summed E-state index contributed by atoms with van der Waals surface area (Å²) in [7, 11) is -3.41. The number of para-hydroxylation sites is 1. The first-order valence-electron chi connectivity index (χ1n) is 7.30. The van der Waals surface area contributed by atoms with Crippen LogP contribution in [0.5, 0.6) is 0 Å². The average molecular weight is 349 g/mol. The number of hydrogen-bond acceptors (Lipinski definition) is 2. The second-order valence-corrected chi connectivity index (χ2v) is 7.53. The third-order valence-electron chi connectivity index (χ3n) is 3.66.